The number of pyridine rings is 1. The van der Waals surface area contributed by atoms with Crippen LogP contribution in [-0.2, 0) is 0 Å². The number of nitrogens with zero attached hydrogens (tertiary/aromatic N) is 3. The highest BCUT2D eigenvalue weighted by Gasteiger charge is 2.15. The monoisotopic (exact) mass is 407 g/mol. The molecule has 4 rings (SSSR count). The highest BCUT2D eigenvalue weighted by molar-refractivity contribution is 6.30. The van der Waals surface area contributed by atoms with Gasteiger partial charge in [-0.3, -0.25) is 4.40 Å². The van der Waals surface area contributed by atoms with Crippen LogP contribution in [-0.4, -0.2) is 32.9 Å². The summed E-state index contributed by atoms with van der Waals surface area (Å²) < 4.78 is 7.09. The molecule has 0 bridgehead atoms. The molecule has 2 aromatic carbocycles. The summed E-state index contributed by atoms with van der Waals surface area (Å²) >= 11 is 6.04. The van der Waals surface area contributed by atoms with Crippen molar-refractivity contribution in [2.45, 2.75) is 6.92 Å². The molecule has 0 fully saturated rings. The largest absolute Gasteiger partial charge is 0.507 e. The molecule has 146 valence electrons. The summed E-state index contributed by atoms with van der Waals surface area (Å²) in [7, 11) is 1.49. The van der Waals surface area contributed by atoms with Crippen LogP contribution in [0.3, 0.4) is 0 Å². The molecule has 0 aliphatic heterocycles. The number of hydrogen-bond donors (Lipinski definition) is 2. The van der Waals surface area contributed by atoms with Crippen molar-refractivity contribution >= 4 is 29.3 Å². The molecule has 0 aliphatic carbocycles. The number of halogens is 1. The summed E-state index contributed by atoms with van der Waals surface area (Å²) in [5, 5.41) is 20.5. The van der Waals surface area contributed by atoms with Crippen molar-refractivity contribution in [2.24, 2.45) is 4.99 Å². The van der Waals surface area contributed by atoms with E-state index in [1.54, 1.807) is 36.5 Å². The van der Waals surface area contributed by atoms with Gasteiger partial charge in [-0.1, -0.05) is 11.6 Å². The average molecular weight is 408 g/mol. The normalized spacial score (nSPS) is 11.4. The van der Waals surface area contributed by atoms with E-state index < -0.39 is 0 Å². The van der Waals surface area contributed by atoms with Crippen molar-refractivity contribution in [2.75, 3.05) is 7.11 Å². The zero-order valence-corrected chi connectivity index (χ0v) is 16.6. The van der Waals surface area contributed by atoms with Gasteiger partial charge in [-0.2, -0.15) is 0 Å². The van der Waals surface area contributed by atoms with E-state index >= 15 is 0 Å². The first-order valence-electron chi connectivity index (χ1n) is 8.85. The molecule has 0 saturated carbocycles. The summed E-state index contributed by atoms with van der Waals surface area (Å²) in [4.78, 5) is 9.33. The zero-order valence-electron chi connectivity index (χ0n) is 15.8. The van der Waals surface area contributed by atoms with E-state index in [1.807, 2.05) is 29.7 Å². The number of benzene rings is 2. The van der Waals surface area contributed by atoms with E-state index in [0.717, 1.165) is 16.8 Å². The van der Waals surface area contributed by atoms with Gasteiger partial charge in [0.2, 0.25) is 0 Å². The lowest BCUT2D eigenvalue weighted by Crippen LogP contribution is -1.88. The van der Waals surface area contributed by atoms with Crippen molar-refractivity contribution in [3.05, 3.63) is 70.9 Å². The second-order valence-electron chi connectivity index (χ2n) is 6.56. The second kappa shape index (κ2) is 7.48. The Balaban J connectivity index is 1.91. The van der Waals surface area contributed by atoms with Crippen LogP contribution in [0.5, 0.6) is 17.2 Å². The molecule has 2 N–H and O–H groups in total. The molecule has 0 spiro atoms. The first-order valence-corrected chi connectivity index (χ1v) is 9.23. The number of ether oxygens (including phenoxy) is 1. The van der Waals surface area contributed by atoms with Crippen LogP contribution >= 0.6 is 11.6 Å². The van der Waals surface area contributed by atoms with Crippen LogP contribution in [0.2, 0.25) is 5.02 Å². The van der Waals surface area contributed by atoms with Gasteiger partial charge in [-0.25, -0.2) is 9.98 Å². The maximum absolute atomic E-state index is 10.1. The van der Waals surface area contributed by atoms with Crippen molar-refractivity contribution in [1.29, 1.82) is 0 Å². The fourth-order valence-corrected chi connectivity index (χ4v) is 3.22. The molecule has 0 amide bonds. The molecule has 6 nitrogen and oxygen atoms in total. The third-order valence-electron chi connectivity index (χ3n) is 4.53. The van der Waals surface area contributed by atoms with Crippen molar-refractivity contribution < 1.29 is 14.9 Å². The minimum absolute atomic E-state index is 0.0461. The molecule has 0 aliphatic rings. The van der Waals surface area contributed by atoms with Gasteiger partial charge in [0, 0.05) is 28.6 Å². The van der Waals surface area contributed by atoms with Crippen LogP contribution in [0.4, 0.5) is 5.82 Å². The number of phenolic OH excluding ortho intramolecular Hbond substituents is 2. The van der Waals surface area contributed by atoms with E-state index in [0.29, 0.717) is 27.8 Å². The Kier molecular flexibility index (Phi) is 4.86. The Morgan fingerprint density at radius 2 is 1.86 bits per heavy atom. The molecular weight excluding hydrogens is 390 g/mol. The number of hydrogen-bond acceptors (Lipinski definition) is 5. The van der Waals surface area contributed by atoms with Crippen LogP contribution in [0.1, 0.15) is 11.1 Å². The lowest BCUT2D eigenvalue weighted by Gasteiger charge is -2.06. The van der Waals surface area contributed by atoms with Gasteiger partial charge in [-0.05, 0) is 61.0 Å². The Bertz CT molecular complexity index is 1250. The van der Waals surface area contributed by atoms with Crippen molar-refractivity contribution in [1.82, 2.24) is 9.38 Å². The summed E-state index contributed by atoms with van der Waals surface area (Å²) in [6, 6.07) is 13.7. The van der Waals surface area contributed by atoms with Crippen molar-refractivity contribution in [3.63, 3.8) is 0 Å². The number of phenols is 2. The highest BCUT2D eigenvalue weighted by Crippen LogP contribution is 2.36. The van der Waals surface area contributed by atoms with E-state index in [1.165, 1.54) is 13.2 Å². The predicted octanol–water partition coefficient (Wildman–Crippen LogP) is 5.13. The number of aliphatic imine (C=N–C) groups is 1. The van der Waals surface area contributed by atoms with Gasteiger partial charge >= 0.3 is 0 Å². The summed E-state index contributed by atoms with van der Waals surface area (Å²) in [5.41, 5.74) is 3.65. The molecule has 0 saturated heterocycles. The Labute approximate surface area is 172 Å². The van der Waals surface area contributed by atoms with Crippen LogP contribution in [0.15, 0.2) is 59.7 Å². The van der Waals surface area contributed by atoms with Gasteiger partial charge in [0.25, 0.3) is 0 Å². The average Bonchev–Trinajstić information content (AvgIpc) is 3.06. The molecule has 4 aromatic rings. The summed E-state index contributed by atoms with van der Waals surface area (Å²) in [6.07, 6.45) is 3.44. The number of aryl methyl sites for hydroxylation is 1. The van der Waals surface area contributed by atoms with Crippen LogP contribution < -0.4 is 4.74 Å². The van der Waals surface area contributed by atoms with E-state index in [9.17, 15) is 10.2 Å². The molecular formula is C22H18ClN3O3. The Morgan fingerprint density at radius 1 is 1.07 bits per heavy atom. The first-order chi connectivity index (χ1) is 14.0. The fourth-order valence-electron chi connectivity index (χ4n) is 3.04. The van der Waals surface area contributed by atoms with Gasteiger partial charge in [0.05, 0.1) is 7.11 Å². The number of rotatable bonds is 4. The van der Waals surface area contributed by atoms with Gasteiger partial charge in [0.1, 0.15) is 17.1 Å². The van der Waals surface area contributed by atoms with E-state index in [2.05, 4.69) is 4.99 Å². The van der Waals surface area contributed by atoms with Gasteiger partial charge in [0.15, 0.2) is 17.3 Å². The zero-order chi connectivity index (χ0) is 20.5. The third kappa shape index (κ3) is 3.62. The predicted molar refractivity (Wildman–Crippen MR) is 114 cm³/mol. The van der Waals surface area contributed by atoms with E-state index in [-0.39, 0.29) is 11.5 Å². The van der Waals surface area contributed by atoms with Crippen LogP contribution in [0.25, 0.3) is 16.9 Å². The fraction of sp³-hybridized carbons (Fsp3) is 0.0909. The molecule has 0 radical (unpaired) electrons. The Hall–Kier alpha value is -3.51. The molecule has 2 aromatic heterocycles. The minimum Gasteiger partial charge on any atom is -0.507 e. The quantitative estimate of drug-likeness (QED) is 0.459. The SMILES string of the molecule is COc1cc(-c2nc3cc(C)ccn3c2/N=C/c2cc(Cl)ccc2O)ccc1O. The number of methoxy groups -OCH3 is 1. The number of aromatic nitrogens is 2. The van der Waals surface area contributed by atoms with Gasteiger partial charge < -0.3 is 14.9 Å². The lowest BCUT2D eigenvalue weighted by molar-refractivity contribution is 0.373. The highest BCUT2D eigenvalue weighted by atomic mass is 35.5. The second-order valence-corrected chi connectivity index (χ2v) is 7.00. The molecule has 2 heterocycles. The number of fused-ring (bicyclic) bond motifs is 1. The van der Waals surface area contributed by atoms with Crippen molar-refractivity contribution in [3.8, 4) is 28.5 Å². The lowest BCUT2D eigenvalue weighted by atomic mass is 10.1. The maximum Gasteiger partial charge on any atom is 0.165 e. The number of imidazole rings is 1. The van der Waals surface area contributed by atoms with Crippen LogP contribution in [0, 0.1) is 6.92 Å². The summed E-state index contributed by atoms with van der Waals surface area (Å²) in [5.74, 6) is 1.05. The standard InChI is InChI=1S/C22H18ClN3O3/c1-13-7-8-26-20(9-13)25-21(14-3-5-18(28)19(11-14)29-2)22(26)24-12-15-10-16(23)4-6-17(15)27/h3-12,27-28H,1-2H3/b24-12+. The van der Waals surface area contributed by atoms with Gasteiger partial charge in [-0.15, -0.1) is 0 Å². The Morgan fingerprint density at radius 3 is 2.66 bits per heavy atom. The molecule has 29 heavy (non-hydrogen) atoms. The third-order valence-corrected chi connectivity index (χ3v) is 4.76. The molecule has 0 atom stereocenters. The maximum atomic E-state index is 10.1. The first kappa shape index (κ1) is 18.8. The molecule has 0 unspecified atom stereocenters. The summed E-state index contributed by atoms with van der Waals surface area (Å²) in [6.45, 7) is 1.99. The van der Waals surface area contributed by atoms with E-state index in [4.69, 9.17) is 21.3 Å². The molecule has 7 heteroatoms. The minimum atomic E-state index is 0.0461. The smallest absolute Gasteiger partial charge is 0.165 e. The topological polar surface area (TPSA) is 79.4 Å². The number of aromatic hydroxyl groups is 2.